The molecule has 0 spiro atoms. The summed E-state index contributed by atoms with van der Waals surface area (Å²) in [4.78, 5) is 27.7. The van der Waals surface area contributed by atoms with Crippen molar-refractivity contribution in [1.82, 2.24) is 19.3 Å². The first-order valence-electron chi connectivity index (χ1n) is 8.72. The van der Waals surface area contributed by atoms with Crippen molar-refractivity contribution in [1.29, 1.82) is 0 Å². The maximum Gasteiger partial charge on any atom is 0.433 e. The van der Waals surface area contributed by atoms with Crippen molar-refractivity contribution >= 4 is 16.9 Å². The first-order valence-corrected chi connectivity index (χ1v) is 8.72. The largest absolute Gasteiger partial charge is 0.480 e. The fraction of sp³-hybridized carbons (Fsp3) is 0.333. The Balaban J connectivity index is 1.86. The molecule has 29 heavy (non-hydrogen) atoms. The van der Waals surface area contributed by atoms with E-state index in [0.717, 1.165) is 33.5 Å². The molecule has 152 valence electrons. The predicted octanol–water partition coefficient (Wildman–Crippen LogP) is 2.76. The maximum absolute atomic E-state index is 13.7. The fourth-order valence-corrected chi connectivity index (χ4v) is 3.57. The third kappa shape index (κ3) is 3.36. The van der Waals surface area contributed by atoms with Crippen LogP contribution in [0.1, 0.15) is 36.0 Å². The van der Waals surface area contributed by atoms with Gasteiger partial charge in [0, 0.05) is 11.8 Å². The average Bonchev–Trinajstić information content (AvgIpc) is 2.97. The highest BCUT2D eigenvalue weighted by Gasteiger charge is 2.34. The molecule has 1 aliphatic rings. The minimum atomic E-state index is -4.73. The second-order valence-electron chi connectivity index (χ2n) is 6.80. The van der Waals surface area contributed by atoms with Gasteiger partial charge in [-0.1, -0.05) is 0 Å². The molecule has 0 fully saturated rings. The average molecular weight is 410 g/mol. The van der Waals surface area contributed by atoms with E-state index >= 15 is 0 Å². The van der Waals surface area contributed by atoms with Gasteiger partial charge in [0.2, 0.25) is 0 Å². The van der Waals surface area contributed by atoms with Crippen LogP contribution >= 0.6 is 0 Å². The molecule has 4 rings (SSSR count). The number of halogens is 4. The molecule has 1 unspecified atom stereocenters. The van der Waals surface area contributed by atoms with E-state index in [1.54, 1.807) is 0 Å². The summed E-state index contributed by atoms with van der Waals surface area (Å²) >= 11 is 0. The van der Waals surface area contributed by atoms with Crippen LogP contribution in [0.2, 0.25) is 0 Å². The van der Waals surface area contributed by atoms with Crippen LogP contribution in [0.5, 0.6) is 0 Å². The van der Waals surface area contributed by atoms with E-state index in [9.17, 15) is 32.3 Å². The predicted molar refractivity (Wildman–Crippen MR) is 91.9 cm³/mol. The lowest BCUT2D eigenvalue weighted by atomic mass is 10.1. The zero-order chi connectivity index (χ0) is 20.9. The number of carboxylic acids is 1. The van der Waals surface area contributed by atoms with Crippen LogP contribution in [-0.2, 0) is 23.9 Å². The van der Waals surface area contributed by atoms with E-state index in [2.05, 4.69) is 10.1 Å². The van der Waals surface area contributed by atoms with E-state index in [4.69, 9.17) is 0 Å². The van der Waals surface area contributed by atoms with Gasteiger partial charge in [0.15, 0.2) is 0 Å². The summed E-state index contributed by atoms with van der Waals surface area (Å²) in [5, 5.41) is 13.6. The van der Waals surface area contributed by atoms with Crippen LogP contribution in [0.15, 0.2) is 29.1 Å². The zero-order valence-electron chi connectivity index (χ0n) is 14.8. The number of pyridine rings is 1. The first-order chi connectivity index (χ1) is 13.6. The molecule has 0 aliphatic carbocycles. The second kappa shape index (κ2) is 6.68. The van der Waals surface area contributed by atoms with Crippen LogP contribution in [0.4, 0.5) is 17.6 Å². The Morgan fingerprint density at radius 3 is 2.72 bits per heavy atom. The van der Waals surface area contributed by atoms with E-state index in [1.165, 1.54) is 0 Å². The number of alkyl halides is 3. The normalized spacial score (nSPS) is 16.8. The number of aromatic nitrogens is 4. The molecule has 0 radical (unpaired) electrons. The lowest BCUT2D eigenvalue weighted by Crippen LogP contribution is -2.34. The SMILES string of the molecule is O=C(O)C1CCCc2nn(Cc3cc(C(F)(F)F)nc4ccc(F)cc34)c(=O)n21. The number of fused-ring (bicyclic) bond motifs is 2. The van der Waals surface area contributed by atoms with Crippen molar-refractivity contribution in [3.05, 3.63) is 57.6 Å². The van der Waals surface area contributed by atoms with Crippen LogP contribution in [0, 0.1) is 5.82 Å². The third-order valence-corrected chi connectivity index (χ3v) is 4.88. The standard InChI is InChI=1S/C18H14F4N4O3/c19-10-4-5-12-11(7-10)9(6-14(23-12)18(20,21)22)8-25-17(29)26-13(16(27)28)2-1-3-15(26)24-25/h4-7,13H,1-3,8H2,(H,27,28). The molecule has 1 atom stereocenters. The van der Waals surface area contributed by atoms with Gasteiger partial charge in [-0.2, -0.15) is 18.3 Å². The summed E-state index contributed by atoms with van der Waals surface area (Å²) in [5.41, 5.74) is -1.98. The van der Waals surface area contributed by atoms with Gasteiger partial charge in [0.25, 0.3) is 0 Å². The van der Waals surface area contributed by atoms with Crippen LogP contribution in [-0.4, -0.2) is 30.4 Å². The Morgan fingerprint density at radius 1 is 1.28 bits per heavy atom. The quantitative estimate of drug-likeness (QED) is 0.671. The van der Waals surface area contributed by atoms with Gasteiger partial charge in [0.05, 0.1) is 12.1 Å². The van der Waals surface area contributed by atoms with Crippen molar-refractivity contribution in [2.24, 2.45) is 0 Å². The molecule has 7 nitrogen and oxygen atoms in total. The number of carbonyl (C=O) groups is 1. The van der Waals surface area contributed by atoms with Crippen molar-refractivity contribution in [3.8, 4) is 0 Å². The van der Waals surface area contributed by atoms with Gasteiger partial charge in [-0.3, -0.25) is 4.57 Å². The fourth-order valence-electron chi connectivity index (χ4n) is 3.57. The van der Waals surface area contributed by atoms with Crippen LogP contribution < -0.4 is 5.69 Å². The van der Waals surface area contributed by atoms with Gasteiger partial charge < -0.3 is 5.11 Å². The van der Waals surface area contributed by atoms with Gasteiger partial charge in [-0.05, 0) is 42.7 Å². The van der Waals surface area contributed by atoms with Crippen molar-refractivity contribution in [2.45, 2.75) is 38.0 Å². The molecular formula is C18H14F4N4O3. The number of benzene rings is 1. The molecule has 3 heterocycles. The third-order valence-electron chi connectivity index (χ3n) is 4.88. The number of aliphatic carboxylic acids is 1. The molecule has 3 aromatic rings. The Labute approximate surface area is 160 Å². The molecule has 1 aromatic carbocycles. The van der Waals surface area contributed by atoms with Gasteiger partial charge >= 0.3 is 17.8 Å². The molecule has 0 bridgehead atoms. The van der Waals surface area contributed by atoms with Gasteiger partial charge in [-0.25, -0.2) is 23.6 Å². The Hall–Kier alpha value is -3.24. The van der Waals surface area contributed by atoms with Gasteiger partial charge in [0.1, 0.15) is 23.4 Å². The maximum atomic E-state index is 13.7. The number of nitrogens with zero attached hydrogens (tertiary/aromatic N) is 4. The van der Waals surface area contributed by atoms with Gasteiger partial charge in [-0.15, -0.1) is 0 Å². The lowest BCUT2D eigenvalue weighted by Gasteiger charge is -2.19. The number of aryl methyl sites for hydroxylation is 1. The van der Waals surface area contributed by atoms with E-state index in [-0.39, 0.29) is 35.3 Å². The second-order valence-corrected chi connectivity index (χ2v) is 6.80. The number of carboxylic acid groups (broad SMARTS) is 1. The number of rotatable bonds is 3. The van der Waals surface area contributed by atoms with Crippen molar-refractivity contribution in [3.63, 3.8) is 0 Å². The molecule has 2 aromatic heterocycles. The summed E-state index contributed by atoms with van der Waals surface area (Å²) in [5.74, 6) is -1.58. The minimum Gasteiger partial charge on any atom is -0.480 e. The molecule has 1 aliphatic heterocycles. The smallest absolute Gasteiger partial charge is 0.433 e. The minimum absolute atomic E-state index is 0.00578. The summed E-state index contributed by atoms with van der Waals surface area (Å²) in [7, 11) is 0. The summed E-state index contributed by atoms with van der Waals surface area (Å²) < 4.78 is 55.3. The number of hydrogen-bond acceptors (Lipinski definition) is 4. The lowest BCUT2D eigenvalue weighted by molar-refractivity contribution is -0.142. The first kappa shape index (κ1) is 19.1. The molecule has 0 saturated heterocycles. The molecule has 0 saturated carbocycles. The van der Waals surface area contributed by atoms with E-state index in [1.807, 2.05) is 0 Å². The monoisotopic (exact) mass is 410 g/mol. The summed E-state index contributed by atoms with van der Waals surface area (Å²) in [6.07, 6.45) is -3.57. The highest BCUT2D eigenvalue weighted by Crippen LogP contribution is 2.31. The van der Waals surface area contributed by atoms with Crippen LogP contribution in [0.25, 0.3) is 10.9 Å². The molecular weight excluding hydrogens is 396 g/mol. The molecule has 1 N–H and O–H groups in total. The van der Waals surface area contributed by atoms with Crippen molar-refractivity contribution < 1.29 is 27.5 Å². The topological polar surface area (TPSA) is 90.0 Å². The molecule has 0 amide bonds. The number of hydrogen-bond donors (Lipinski definition) is 1. The van der Waals surface area contributed by atoms with E-state index in [0.29, 0.717) is 12.8 Å². The Bertz CT molecular complexity index is 1180. The summed E-state index contributed by atoms with van der Waals surface area (Å²) in [6, 6.07) is 2.85. The Kier molecular flexibility index (Phi) is 4.39. The summed E-state index contributed by atoms with van der Waals surface area (Å²) in [6.45, 7) is -0.378. The van der Waals surface area contributed by atoms with E-state index < -0.39 is 35.4 Å². The highest BCUT2D eigenvalue weighted by atomic mass is 19.4. The van der Waals surface area contributed by atoms with Crippen molar-refractivity contribution in [2.75, 3.05) is 0 Å². The Morgan fingerprint density at radius 2 is 2.03 bits per heavy atom. The molecule has 11 heteroatoms. The zero-order valence-corrected chi connectivity index (χ0v) is 14.8. The highest BCUT2D eigenvalue weighted by molar-refractivity contribution is 5.82. The van der Waals surface area contributed by atoms with Crippen LogP contribution in [0.3, 0.4) is 0 Å².